The first kappa shape index (κ1) is 7.40. The van der Waals surface area contributed by atoms with Gasteiger partial charge in [-0.25, -0.2) is 0 Å². The van der Waals surface area contributed by atoms with Crippen LogP contribution >= 0.6 is 0 Å². The first-order valence-corrected chi connectivity index (χ1v) is 4.03. The normalized spacial score (nSPS) is 27.1. The summed E-state index contributed by atoms with van der Waals surface area (Å²) in [5, 5.41) is 8.68. The van der Waals surface area contributed by atoms with Crippen LogP contribution in [-0.2, 0) is 11.8 Å². The van der Waals surface area contributed by atoms with Crippen LogP contribution in [0.2, 0.25) is 0 Å². The van der Waals surface area contributed by atoms with E-state index in [0.29, 0.717) is 0 Å². The van der Waals surface area contributed by atoms with Crippen LogP contribution in [0.1, 0.15) is 17.9 Å². The maximum absolute atomic E-state index is 10.5. The van der Waals surface area contributed by atoms with E-state index in [1.165, 1.54) is 0 Å². The minimum Gasteiger partial charge on any atom is -0.481 e. The van der Waals surface area contributed by atoms with E-state index in [-0.39, 0.29) is 11.8 Å². The molecule has 1 aromatic rings. The van der Waals surface area contributed by atoms with Gasteiger partial charge in [-0.2, -0.15) is 0 Å². The number of aromatic nitrogens is 1. The predicted octanol–water partition coefficient (Wildman–Crippen LogP) is 1.21. The zero-order valence-corrected chi connectivity index (χ0v) is 6.90. The Balaban J connectivity index is 2.10. The van der Waals surface area contributed by atoms with Crippen LogP contribution in [0, 0.1) is 5.92 Å². The summed E-state index contributed by atoms with van der Waals surface area (Å²) in [5.41, 5.74) is 1.16. The van der Waals surface area contributed by atoms with Crippen molar-refractivity contribution < 1.29 is 9.90 Å². The average molecular weight is 165 g/mol. The molecule has 3 nitrogen and oxygen atoms in total. The third-order valence-corrected chi connectivity index (χ3v) is 2.39. The molecule has 3 heteroatoms. The van der Waals surface area contributed by atoms with Crippen LogP contribution in [-0.4, -0.2) is 15.6 Å². The van der Waals surface area contributed by atoms with E-state index in [0.717, 1.165) is 12.0 Å². The Hall–Kier alpha value is -1.25. The Bertz CT molecular complexity index is 316. The molecule has 0 saturated heterocycles. The number of aryl methyl sites for hydroxylation is 1. The molecule has 1 fully saturated rings. The predicted molar refractivity (Wildman–Crippen MR) is 43.9 cm³/mol. The van der Waals surface area contributed by atoms with Crippen molar-refractivity contribution in [1.82, 2.24) is 4.57 Å². The summed E-state index contributed by atoms with van der Waals surface area (Å²) in [5.74, 6) is -0.528. The first-order chi connectivity index (χ1) is 5.68. The van der Waals surface area contributed by atoms with Gasteiger partial charge in [0.1, 0.15) is 0 Å². The number of carbonyl (C=O) groups is 1. The van der Waals surface area contributed by atoms with Crippen molar-refractivity contribution in [2.24, 2.45) is 13.0 Å². The van der Waals surface area contributed by atoms with Crippen molar-refractivity contribution in [3.8, 4) is 0 Å². The molecule has 1 aromatic heterocycles. The summed E-state index contributed by atoms with van der Waals surface area (Å²) in [4.78, 5) is 10.5. The van der Waals surface area contributed by atoms with Gasteiger partial charge in [-0.05, 0) is 24.0 Å². The van der Waals surface area contributed by atoms with Crippen LogP contribution in [0.5, 0.6) is 0 Å². The second-order valence-electron chi connectivity index (χ2n) is 3.40. The number of carboxylic acids is 1. The third-order valence-electron chi connectivity index (χ3n) is 2.39. The lowest BCUT2D eigenvalue weighted by Gasteiger charge is -1.90. The van der Waals surface area contributed by atoms with Crippen molar-refractivity contribution in [3.63, 3.8) is 0 Å². The quantitative estimate of drug-likeness (QED) is 0.715. The molecule has 1 aliphatic carbocycles. The van der Waals surface area contributed by atoms with Crippen LogP contribution < -0.4 is 0 Å². The number of hydrogen-bond donors (Lipinski definition) is 1. The minimum atomic E-state index is -0.663. The highest BCUT2D eigenvalue weighted by Gasteiger charge is 2.44. The zero-order valence-electron chi connectivity index (χ0n) is 6.90. The second-order valence-corrected chi connectivity index (χ2v) is 3.40. The average Bonchev–Trinajstić information content (AvgIpc) is 2.70. The lowest BCUT2D eigenvalue weighted by atomic mass is 10.2. The Labute approximate surface area is 70.6 Å². The van der Waals surface area contributed by atoms with Gasteiger partial charge in [0.05, 0.1) is 5.92 Å². The molecule has 1 saturated carbocycles. The lowest BCUT2D eigenvalue weighted by molar-refractivity contribution is -0.138. The maximum Gasteiger partial charge on any atom is 0.307 e. The second kappa shape index (κ2) is 2.37. The molecule has 1 N–H and O–H groups in total. The van der Waals surface area contributed by atoms with E-state index in [2.05, 4.69) is 0 Å². The fourth-order valence-corrected chi connectivity index (χ4v) is 1.58. The Kier molecular flexibility index (Phi) is 1.46. The van der Waals surface area contributed by atoms with E-state index in [1.807, 2.05) is 30.1 Å². The monoisotopic (exact) mass is 165 g/mol. The minimum absolute atomic E-state index is 0.132. The summed E-state index contributed by atoms with van der Waals surface area (Å²) < 4.78 is 1.95. The van der Waals surface area contributed by atoms with E-state index in [9.17, 15) is 4.79 Å². The van der Waals surface area contributed by atoms with Crippen molar-refractivity contribution in [3.05, 3.63) is 24.0 Å². The SMILES string of the molecule is Cn1ccc([C@H]2C[C@H]2C(=O)O)c1. The fourth-order valence-electron chi connectivity index (χ4n) is 1.58. The Morgan fingerprint density at radius 2 is 2.50 bits per heavy atom. The van der Waals surface area contributed by atoms with Gasteiger partial charge >= 0.3 is 5.97 Å². The van der Waals surface area contributed by atoms with Gasteiger partial charge in [0.2, 0.25) is 0 Å². The van der Waals surface area contributed by atoms with Gasteiger partial charge in [0, 0.05) is 19.4 Å². The topological polar surface area (TPSA) is 42.2 Å². The van der Waals surface area contributed by atoms with Gasteiger partial charge in [-0.3, -0.25) is 4.79 Å². The highest BCUT2D eigenvalue weighted by molar-refractivity contribution is 5.75. The molecule has 0 aromatic carbocycles. The van der Waals surface area contributed by atoms with E-state index < -0.39 is 5.97 Å². The summed E-state index contributed by atoms with van der Waals surface area (Å²) in [7, 11) is 1.95. The van der Waals surface area contributed by atoms with Crippen molar-refractivity contribution in [2.45, 2.75) is 12.3 Å². The van der Waals surface area contributed by atoms with Gasteiger partial charge in [0.15, 0.2) is 0 Å². The Morgan fingerprint density at radius 1 is 1.75 bits per heavy atom. The maximum atomic E-state index is 10.5. The molecule has 12 heavy (non-hydrogen) atoms. The van der Waals surface area contributed by atoms with Crippen molar-refractivity contribution in [1.29, 1.82) is 0 Å². The van der Waals surface area contributed by atoms with Gasteiger partial charge < -0.3 is 9.67 Å². The zero-order chi connectivity index (χ0) is 8.72. The fraction of sp³-hybridized carbons (Fsp3) is 0.444. The summed E-state index contributed by atoms with van der Waals surface area (Å²) >= 11 is 0. The van der Waals surface area contributed by atoms with Crippen LogP contribution in [0.25, 0.3) is 0 Å². The summed E-state index contributed by atoms with van der Waals surface area (Å²) in [6.45, 7) is 0. The number of hydrogen-bond acceptors (Lipinski definition) is 1. The third kappa shape index (κ3) is 1.11. The molecular formula is C9H11NO2. The van der Waals surface area contributed by atoms with Crippen molar-refractivity contribution >= 4 is 5.97 Å². The molecule has 0 amide bonds. The molecule has 0 unspecified atom stereocenters. The van der Waals surface area contributed by atoms with Crippen molar-refractivity contribution in [2.75, 3.05) is 0 Å². The van der Waals surface area contributed by atoms with E-state index in [1.54, 1.807) is 0 Å². The molecular weight excluding hydrogens is 154 g/mol. The van der Waals surface area contributed by atoms with Crippen LogP contribution in [0.3, 0.4) is 0 Å². The molecule has 0 bridgehead atoms. The molecule has 64 valence electrons. The van der Waals surface area contributed by atoms with E-state index in [4.69, 9.17) is 5.11 Å². The molecule has 1 heterocycles. The smallest absolute Gasteiger partial charge is 0.307 e. The lowest BCUT2D eigenvalue weighted by Crippen LogP contribution is -1.98. The van der Waals surface area contributed by atoms with Crippen LogP contribution in [0.4, 0.5) is 0 Å². The van der Waals surface area contributed by atoms with E-state index >= 15 is 0 Å². The summed E-state index contributed by atoms with van der Waals surface area (Å²) in [6, 6.07) is 1.99. The molecule has 2 atom stereocenters. The van der Waals surface area contributed by atoms with Gasteiger partial charge in [-0.1, -0.05) is 0 Å². The number of nitrogens with zero attached hydrogens (tertiary/aromatic N) is 1. The van der Waals surface area contributed by atoms with Gasteiger partial charge in [-0.15, -0.1) is 0 Å². The largest absolute Gasteiger partial charge is 0.481 e. The Morgan fingerprint density at radius 3 is 2.92 bits per heavy atom. The molecule has 1 aliphatic rings. The highest BCUT2D eigenvalue weighted by Crippen LogP contribution is 2.47. The molecule has 2 rings (SSSR count). The standard InChI is InChI=1S/C9H11NO2/c1-10-3-2-6(5-10)7-4-8(7)9(11)12/h2-3,5,7-8H,4H2,1H3,(H,11,12)/t7-,8-/m1/s1. The first-order valence-electron chi connectivity index (χ1n) is 4.03. The molecule has 0 spiro atoms. The van der Waals surface area contributed by atoms with Gasteiger partial charge in [0.25, 0.3) is 0 Å². The number of carboxylic acid groups (broad SMARTS) is 1. The number of rotatable bonds is 2. The summed E-state index contributed by atoms with van der Waals surface area (Å²) in [6.07, 6.45) is 4.75. The molecule has 0 radical (unpaired) electrons. The highest BCUT2D eigenvalue weighted by atomic mass is 16.4. The molecule has 0 aliphatic heterocycles. The number of aliphatic carboxylic acids is 1. The van der Waals surface area contributed by atoms with Crippen LogP contribution in [0.15, 0.2) is 18.5 Å².